The van der Waals surface area contributed by atoms with Gasteiger partial charge in [0, 0.05) is 26.8 Å². The molecule has 1 aromatic rings. The first-order chi connectivity index (χ1) is 11.4. The normalized spacial score (nSPS) is 11.0. The minimum Gasteiger partial charge on any atom is -0.497 e. The Morgan fingerprint density at radius 3 is 2.12 bits per heavy atom. The van der Waals surface area contributed by atoms with Crippen LogP contribution in [-0.4, -0.2) is 45.7 Å². The molecule has 134 valence electrons. The Morgan fingerprint density at radius 2 is 1.58 bits per heavy atom. The number of methoxy groups -OCH3 is 2. The molecular formula is C18H28N2O4. The van der Waals surface area contributed by atoms with E-state index in [-0.39, 0.29) is 11.8 Å². The fourth-order valence-corrected chi connectivity index (χ4v) is 2.08. The van der Waals surface area contributed by atoms with Gasteiger partial charge in [-0.2, -0.15) is 0 Å². The highest BCUT2D eigenvalue weighted by Crippen LogP contribution is 2.16. The molecule has 0 fully saturated rings. The summed E-state index contributed by atoms with van der Waals surface area (Å²) in [5.74, 6) is 0.245. The number of nitrogens with one attached hydrogen (secondary N) is 2. The van der Waals surface area contributed by atoms with Crippen molar-refractivity contribution in [1.29, 1.82) is 0 Å². The van der Waals surface area contributed by atoms with E-state index < -0.39 is 5.41 Å². The van der Waals surface area contributed by atoms with E-state index in [2.05, 4.69) is 10.6 Å². The fourth-order valence-electron chi connectivity index (χ4n) is 2.08. The number of ether oxygens (including phenoxy) is 2. The van der Waals surface area contributed by atoms with Gasteiger partial charge >= 0.3 is 0 Å². The summed E-state index contributed by atoms with van der Waals surface area (Å²) < 4.78 is 10.0. The SMILES string of the molecule is COCCCNC(=O)C(C)(C)C(=O)NCCc1ccc(OC)cc1. The number of carbonyl (C=O) groups is 2. The molecule has 0 aliphatic rings. The number of rotatable bonds is 10. The highest BCUT2D eigenvalue weighted by molar-refractivity contribution is 6.04. The number of carbonyl (C=O) groups excluding carboxylic acids is 2. The zero-order valence-electron chi connectivity index (χ0n) is 15.0. The second kappa shape index (κ2) is 9.93. The van der Waals surface area contributed by atoms with E-state index in [1.807, 2.05) is 24.3 Å². The molecule has 0 aromatic heterocycles. The topological polar surface area (TPSA) is 76.7 Å². The molecule has 0 saturated heterocycles. The molecule has 0 saturated carbocycles. The first-order valence-electron chi connectivity index (χ1n) is 8.10. The van der Waals surface area contributed by atoms with Crippen LogP contribution in [0.1, 0.15) is 25.8 Å². The molecule has 6 nitrogen and oxygen atoms in total. The average molecular weight is 336 g/mol. The van der Waals surface area contributed by atoms with Crippen LogP contribution in [0.3, 0.4) is 0 Å². The lowest BCUT2D eigenvalue weighted by molar-refractivity contribution is -0.141. The van der Waals surface area contributed by atoms with Gasteiger partial charge in [0.2, 0.25) is 11.8 Å². The third-order valence-corrected chi connectivity index (χ3v) is 3.80. The van der Waals surface area contributed by atoms with Crippen molar-refractivity contribution >= 4 is 11.8 Å². The Morgan fingerprint density at radius 1 is 1.00 bits per heavy atom. The van der Waals surface area contributed by atoms with E-state index in [0.29, 0.717) is 26.1 Å². The van der Waals surface area contributed by atoms with Crippen molar-refractivity contribution in [3.63, 3.8) is 0 Å². The van der Waals surface area contributed by atoms with Gasteiger partial charge < -0.3 is 20.1 Å². The van der Waals surface area contributed by atoms with Crippen LogP contribution in [0.2, 0.25) is 0 Å². The van der Waals surface area contributed by atoms with Crippen LogP contribution in [0, 0.1) is 5.41 Å². The van der Waals surface area contributed by atoms with Crippen molar-refractivity contribution < 1.29 is 19.1 Å². The summed E-state index contributed by atoms with van der Waals surface area (Å²) in [4.78, 5) is 24.4. The van der Waals surface area contributed by atoms with Gasteiger partial charge in [-0.25, -0.2) is 0 Å². The molecule has 2 amide bonds. The van der Waals surface area contributed by atoms with Crippen LogP contribution >= 0.6 is 0 Å². The van der Waals surface area contributed by atoms with E-state index in [1.54, 1.807) is 28.1 Å². The smallest absolute Gasteiger partial charge is 0.235 e. The lowest BCUT2D eigenvalue weighted by Crippen LogP contribution is -2.48. The highest BCUT2D eigenvalue weighted by atomic mass is 16.5. The standard InChI is InChI=1S/C18H28N2O4/c1-18(2,16(21)19-11-5-13-23-3)17(22)20-12-10-14-6-8-15(24-4)9-7-14/h6-9H,5,10-13H2,1-4H3,(H,19,21)(H,20,22). The minimum atomic E-state index is -1.10. The summed E-state index contributed by atoms with van der Waals surface area (Å²) in [6.45, 7) is 4.80. The van der Waals surface area contributed by atoms with Gasteiger partial charge in [-0.1, -0.05) is 12.1 Å². The number of hydrogen-bond acceptors (Lipinski definition) is 4. The Hall–Kier alpha value is -2.08. The van der Waals surface area contributed by atoms with Crippen LogP contribution < -0.4 is 15.4 Å². The Bertz CT molecular complexity index is 526. The van der Waals surface area contributed by atoms with Crippen molar-refractivity contribution in [1.82, 2.24) is 10.6 Å². The molecule has 0 bridgehead atoms. The van der Waals surface area contributed by atoms with Gasteiger partial charge in [0.15, 0.2) is 0 Å². The molecule has 0 aliphatic heterocycles. The number of benzene rings is 1. The molecule has 0 atom stereocenters. The first-order valence-corrected chi connectivity index (χ1v) is 8.10. The highest BCUT2D eigenvalue weighted by Gasteiger charge is 2.35. The van der Waals surface area contributed by atoms with Crippen LogP contribution in [0.15, 0.2) is 24.3 Å². The molecular weight excluding hydrogens is 308 g/mol. The van der Waals surface area contributed by atoms with Crippen LogP contribution in [0.4, 0.5) is 0 Å². The quantitative estimate of drug-likeness (QED) is 0.502. The maximum Gasteiger partial charge on any atom is 0.235 e. The molecule has 0 spiro atoms. The molecule has 0 heterocycles. The van der Waals surface area contributed by atoms with E-state index in [9.17, 15) is 9.59 Å². The number of hydrogen-bond donors (Lipinski definition) is 2. The van der Waals surface area contributed by atoms with Gasteiger partial charge in [0.25, 0.3) is 0 Å². The molecule has 0 radical (unpaired) electrons. The van der Waals surface area contributed by atoms with E-state index in [4.69, 9.17) is 9.47 Å². The van der Waals surface area contributed by atoms with Gasteiger partial charge in [0.1, 0.15) is 11.2 Å². The third kappa shape index (κ3) is 6.20. The summed E-state index contributed by atoms with van der Waals surface area (Å²) in [6, 6.07) is 7.68. The van der Waals surface area contributed by atoms with Crippen molar-refractivity contribution in [3.8, 4) is 5.75 Å². The van der Waals surface area contributed by atoms with E-state index in [0.717, 1.165) is 17.7 Å². The van der Waals surface area contributed by atoms with Crippen LogP contribution in [-0.2, 0) is 20.7 Å². The average Bonchev–Trinajstić information content (AvgIpc) is 2.58. The second-order valence-electron chi connectivity index (χ2n) is 6.08. The van der Waals surface area contributed by atoms with Crippen LogP contribution in [0.25, 0.3) is 0 Å². The second-order valence-corrected chi connectivity index (χ2v) is 6.08. The van der Waals surface area contributed by atoms with Crippen molar-refractivity contribution in [2.75, 3.05) is 33.9 Å². The third-order valence-electron chi connectivity index (χ3n) is 3.80. The van der Waals surface area contributed by atoms with Gasteiger partial charge in [0.05, 0.1) is 7.11 Å². The molecule has 6 heteroatoms. The molecule has 24 heavy (non-hydrogen) atoms. The zero-order chi connectivity index (χ0) is 18.0. The largest absolute Gasteiger partial charge is 0.497 e. The summed E-state index contributed by atoms with van der Waals surface area (Å²) >= 11 is 0. The summed E-state index contributed by atoms with van der Waals surface area (Å²) in [7, 11) is 3.24. The monoisotopic (exact) mass is 336 g/mol. The molecule has 0 aliphatic carbocycles. The molecule has 1 rings (SSSR count). The lowest BCUT2D eigenvalue weighted by Gasteiger charge is -2.22. The van der Waals surface area contributed by atoms with Crippen molar-refractivity contribution in [2.24, 2.45) is 5.41 Å². The Labute approximate surface area is 143 Å². The van der Waals surface area contributed by atoms with Crippen LogP contribution in [0.5, 0.6) is 5.75 Å². The maximum absolute atomic E-state index is 12.3. The summed E-state index contributed by atoms with van der Waals surface area (Å²) in [6.07, 6.45) is 1.42. The first kappa shape index (κ1) is 20.0. The van der Waals surface area contributed by atoms with Crippen molar-refractivity contribution in [3.05, 3.63) is 29.8 Å². The summed E-state index contributed by atoms with van der Waals surface area (Å²) in [5.41, 5.74) is -0.00889. The number of amides is 2. The maximum atomic E-state index is 12.3. The molecule has 1 aromatic carbocycles. The predicted octanol–water partition coefficient (Wildman–Crippen LogP) is 1.53. The fraction of sp³-hybridized carbons (Fsp3) is 0.556. The van der Waals surface area contributed by atoms with E-state index in [1.165, 1.54) is 0 Å². The molecule has 0 unspecified atom stereocenters. The van der Waals surface area contributed by atoms with Gasteiger partial charge in [-0.05, 0) is 44.4 Å². The zero-order valence-corrected chi connectivity index (χ0v) is 15.0. The summed E-state index contributed by atoms with van der Waals surface area (Å²) in [5, 5.41) is 5.59. The Balaban J connectivity index is 2.39. The lowest BCUT2D eigenvalue weighted by atomic mass is 9.91. The Kier molecular flexibility index (Phi) is 8.26. The predicted molar refractivity (Wildman–Crippen MR) is 93.0 cm³/mol. The molecule has 2 N–H and O–H groups in total. The van der Waals surface area contributed by atoms with Gasteiger partial charge in [-0.3, -0.25) is 9.59 Å². The van der Waals surface area contributed by atoms with E-state index >= 15 is 0 Å². The van der Waals surface area contributed by atoms with Gasteiger partial charge in [-0.15, -0.1) is 0 Å². The van der Waals surface area contributed by atoms with Crippen molar-refractivity contribution in [2.45, 2.75) is 26.7 Å². The minimum absolute atomic E-state index is 0.277.